The first-order valence-corrected chi connectivity index (χ1v) is 9.66. The van der Waals surface area contributed by atoms with Crippen LogP contribution in [0.15, 0.2) is 30.6 Å². The van der Waals surface area contributed by atoms with E-state index in [0.717, 1.165) is 49.1 Å². The van der Waals surface area contributed by atoms with Crippen LogP contribution in [0.5, 0.6) is 0 Å². The number of carbonyl (C=O) groups excluding carboxylic acids is 1. The molecule has 1 aromatic carbocycles. The SMILES string of the molecule is CC[C@H](C)[C@@H](C(=O)N1CCCC[C@H]1c1nc2ccccc2[nH]1)n1cnnn1. The summed E-state index contributed by atoms with van der Waals surface area (Å²) in [6.07, 6.45) is 5.42. The average molecular weight is 367 g/mol. The number of tetrazole rings is 1. The second kappa shape index (κ2) is 7.46. The molecule has 0 aliphatic carbocycles. The Morgan fingerprint density at radius 2 is 2.19 bits per heavy atom. The number of piperidine rings is 1. The van der Waals surface area contributed by atoms with Gasteiger partial charge >= 0.3 is 0 Å². The van der Waals surface area contributed by atoms with Crippen LogP contribution in [-0.4, -0.2) is 47.5 Å². The topological polar surface area (TPSA) is 92.6 Å². The molecular formula is C19H25N7O. The van der Waals surface area contributed by atoms with Gasteiger partial charge in [-0.15, -0.1) is 5.10 Å². The number of fused-ring (bicyclic) bond motifs is 1. The normalized spacial score (nSPS) is 19.9. The Bertz CT molecular complexity index is 871. The van der Waals surface area contributed by atoms with Crippen LogP contribution in [0.1, 0.15) is 57.4 Å². The fraction of sp³-hybridized carbons (Fsp3) is 0.526. The number of benzene rings is 1. The first-order chi connectivity index (χ1) is 13.2. The molecule has 1 N–H and O–H groups in total. The maximum Gasteiger partial charge on any atom is 0.248 e. The van der Waals surface area contributed by atoms with E-state index in [0.29, 0.717) is 0 Å². The third-order valence-electron chi connectivity index (χ3n) is 5.60. The summed E-state index contributed by atoms with van der Waals surface area (Å²) in [5.74, 6) is 1.07. The van der Waals surface area contributed by atoms with E-state index in [-0.39, 0.29) is 17.9 Å². The van der Waals surface area contributed by atoms with E-state index in [1.165, 1.54) is 6.33 Å². The third-order valence-corrected chi connectivity index (χ3v) is 5.60. The highest BCUT2D eigenvalue weighted by molar-refractivity contribution is 5.81. The molecule has 8 nitrogen and oxygen atoms in total. The number of nitrogens with zero attached hydrogens (tertiary/aromatic N) is 6. The van der Waals surface area contributed by atoms with Crippen LogP contribution in [0.3, 0.4) is 0 Å². The van der Waals surface area contributed by atoms with E-state index < -0.39 is 6.04 Å². The lowest BCUT2D eigenvalue weighted by Gasteiger charge is -2.37. The molecule has 0 bridgehead atoms. The Hall–Kier alpha value is -2.77. The molecule has 0 spiro atoms. The van der Waals surface area contributed by atoms with Crippen LogP contribution in [-0.2, 0) is 4.79 Å². The van der Waals surface area contributed by atoms with Crippen molar-refractivity contribution < 1.29 is 4.79 Å². The molecule has 8 heteroatoms. The molecule has 1 amide bonds. The Labute approximate surface area is 158 Å². The Morgan fingerprint density at radius 1 is 1.33 bits per heavy atom. The molecule has 27 heavy (non-hydrogen) atoms. The van der Waals surface area contributed by atoms with Gasteiger partial charge in [0.1, 0.15) is 18.2 Å². The van der Waals surface area contributed by atoms with Gasteiger partial charge in [-0.05, 0) is 47.7 Å². The number of likely N-dealkylation sites (tertiary alicyclic amines) is 1. The van der Waals surface area contributed by atoms with Crippen molar-refractivity contribution in [2.45, 2.75) is 51.6 Å². The van der Waals surface area contributed by atoms with Crippen molar-refractivity contribution in [2.24, 2.45) is 5.92 Å². The largest absolute Gasteiger partial charge is 0.340 e. The summed E-state index contributed by atoms with van der Waals surface area (Å²) in [7, 11) is 0. The zero-order valence-electron chi connectivity index (χ0n) is 15.7. The highest BCUT2D eigenvalue weighted by atomic mass is 16.2. The minimum atomic E-state index is -0.394. The van der Waals surface area contributed by atoms with E-state index in [9.17, 15) is 4.79 Å². The maximum atomic E-state index is 13.6. The van der Waals surface area contributed by atoms with E-state index in [1.54, 1.807) is 4.68 Å². The van der Waals surface area contributed by atoms with E-state index in [4.69, 9.17) is 4.98 Å². The van der Waals surface area contributed by atoms with Crippen LogP contribution in [0.4, 0.5) is 0 Å². The second-order valence-electron chi connectivity index (χ2n) is 7.30. The molecule has 1 aliphatic rings. The summed E-state index contributed by atoms with van der Waals surface area (Å²) in [5, 5.41) is 11.5. The first-order valence-electron chi connectivity index (χ1n) is 9.66. The molecule has 142 valence electrons. The molecule has 0 unspecified atom stereocenters. The minimum Gasteiger partial charge on any atom is -0.340 e. The molecule has 0 radical (unpaired) electrons. The van der Waals surface area contributed by atoms with Gasteiger partial charge in [-0.2, -0.15) is 0 Å². The standard InChI is InChI=1S/C19H25N7O/c1-3-13(2)17(26-12-20-23-24-26)19(27)25-11-7-6-10-16(25)18-21-14-8-4-5-9-15(14)22-18/h4-5,8-9,12-13,16-17H,3,6-7,10-11H2,1-2H3,(H,21,22)/t13-,16-,17-/m0/s1. The average Bonchev–Trinajstić information content (AvgIpc) is 3.37. The number of nitrogens with one attached hydrogen (secondary N) is 1. The number of hydrogen-bond acceptors (Lipinski definition) is 5. The molecule has 0 saturated carbocycles. The summed E-state index contributed by atoms with van der Waals surface area (Å²) < 4.78 is 1.60. The Morgan fingerprint density at radius 3 is 2.93 bits per heavy atom. The second-order valence-corrected chi connectivity index (χ2v) is 7.30. The lowest BCUT2D eigenvalue weighted by atomic mass is 9.94. The van der Waals surface area contributed by atoms with Gasteiger partial charge in [-0.1, -0.05) is 32.4 Å². The van der Waals surface area contributed by atoms with Gasteiger partial charge in [0.2, 0.25) is 5.91 Å². The lowest BCUT2D eigenvalue weighted by molar-refractivity contribution is -0.141. The van der Waals surface area contributed by atoms with Crippen molar-refractivity contribution in [3.63, 3.8) is 0 Å². The molecule has 3 heterocycles. The fourth-order valence-electron chi connectivity index (χ4n) is 3.92. The number of hydrogen-bond donors (Lipinski definition) is 1. The van der Waals surface area contributed by atoms with Gasteiger partial charge in [0, 0.05) is 6.54 Å². The number of para-hydroxylation sites is 2. The predicted molar refractivity (Wildman–Crippen MR) is 101 cm³/mol. The number of aromatic amines is 1. The van der Waals surface area contributed by atoms with Crippen molar-refractivity contribution in [2.75, 3.05) is 6.54 Å². The summed E-state index contributed by atoms with van der Waals surface area (Å²) >= 11 is 0. The fourth-order valence-corrected chi connectivity index (χ4v) is 3.92. The Balaban J connectivity index is 1.67. The van der Waals surface area contributed by atoms with E-state index >= 15 is 0 Å². The lowest BCUT2D eigenvalue weighted by Crippen LogP contribution is -2.44. The molecule has 4 rings (SSSR count). The zero-order chi connectivity index (χ0) is 18.8. The highest BCUT2D eigenvalue weighted by Gasteiger charge is 2.37. The summed E-state index contributed by atoms with van der Waals surface area (Å²) in [5.41, 5.74) is 1.94. The quantitative estimate of drug-likeness (QED) is 0.748. The van der Waals surface area contributed by atoms with Crippen LogP contribution in [0.2, 0.25) is 0 Å². The Kier molecular flexibility index (Phi) is 4.87. The van der Waals surface area contributed by atoms with Gasteiger partial charge in [0.05, 0.1) is 17.1 Å². The number of aromatic nitrogens is 6. The van der Waals surface area contributed by atoms with E-state index in [1.807, 2.05) is 29.2 Å². The number of amides is 1. The third kappa shape index (κ3) is 3.31. The van der Waals surface area contributed by atoms with Crippen molar-refractivity contribution in [3.05, 3.63) is 36.4 Å². The zero-order valence-corrected chi connectivity index (χ0v) is 15.7. The number of H-pyrrole nitrogens is 1. The first kappa shape index (κ1) is 17.6. The van der Waals surface area contributed by atoms with Crippen LogP contribution in [0, 0.1) is 5.92 Å². The minimum absolute atomic E-state index is 0.0401. The molecule has 3 aromatic rings. The molecule has 2 aromatic heterocycles. The van der Waals surface area contributed by atoms with Gasteiger partial charge in [0.15, 0.2) is 0 Å². The van der Waals surface area contributed by atoms with Crippen molar-refractivity contribution in [1.29, 1.82) is 0 Å². The van der Waals surface area contributed by atoms with Crippen molar-refractivity contribution in [3.8, 4) is 0 Å². The maximum absolute atomic E-state index is 13.6. The molecule has 3 atom stereocenters. The summed E-state index contributed by atoms with van der Waals surface area (Å²) in [6.45, 7) is 4.89. The summed E-state index contributed by atoms with van der Waals surface area (Å²) in [6, 6.07) is 7.55. The monoisotopic (exact) mass is 367 g/mol. The molecule has 1 aliphatic heterocycles. The van der Waals surface area contributed by atoms with Gasteiger partial charge in [0.25, 0.3) is 0 Å². The molecular weight excluding hydrogens is 342 g/mol. The van der Waals surface area contributed by atoms with Crippen LogP contribution in [0.25, 0.3) is 11.0 Å². The van der Waals surface area contributed by atoms with Crippen molar-refractivity contribution in [1.82, 2.24) is 35.1 Å². The number of imidazole rings is 1. The number of rotatable bonds is 5. The van der Waals surface area contributed by atoms with Crippen LogP contribution >= 0.6 is 0 Å². The molecule has 1 fully saturated rings. The molecule has 1 saturated heterocycles. The summed E-state index contributed by atoms with van der Waals surface area (Å²) in [4.78, 5) is 23.7. The van der Waals surface area contributed by atoms with Gasteiger partial charge in [-0.25, -0.2) is 9.67 Å². The van der Waals surface area contributed by atoms with Gasteiger partial charge < -0.3 is 9.88 Å². The highest BCUT2D eigenvalue weighted by Crippen LogP contribution is 2.34. The van der Waals surface area contributed by atoms with E-state index in [2.05, 4.69) is 34.4 Å². The number of carbonyl (C=O) groups is 1. The van der Waals surface area contributed by atoms with Crippen molar-refractivity contribution >= 4 is 16.9 Å². The van der Waals surface area contributed by atoms with Gasteiger partial charge in [-0.3, -0.25) is 4.79 Å². The predicted octanol–water partition coefficient (Wildman–Crippen LogP) is 2.89. The van der Waals surface area contributed by atoms with Crippen LogP contribution < -0.4 is 0 Å². The smallest absolute Gasteiger partial charge is 0.248 e.